The Morgan fingerprint density at radius 2 is 1.70 bits per heavy atom. The summed E-state index contributed by atoms with van der Waals surface area (Å²) in [7, 11) is -2.50. The zero-order chi connectivity index (χ0) is 29.0. The van der Waals surface area contributed by atoms with Crippen LogP contribution in [0.2, 0.25) is 5.02 Å². The summed E-state index contributed by atoms with van der Waals surface area (Å²) in [6, 6.07) is 4.75. The van der Waals surface area contributed by atoms with Crippen LogP contribution < -0.4 is 10.6 Å². The molecule has 2 unspecified atom stereocenters. The minimum atomic E-state index is -4.06. The van der Waals surface area contributed by atoms with E-state index in [9.17, 15) is 36.3 Å². The minimum Gasteiger partial charge on any atom is -0.389 e. The third-order valence-electron chi connectivity index (χ3n) is 8.38. The van der Waals surface area contributed by atoms with E-state index >= 15 is 0 Å². The lowest BCUT2D eigenvalue weighted by Gasteiger charge is -2.58. The van der Waals surface area contributed by atoms with E-state index < -0.39 is 55.9 Å². The summed E-state index contributed by atoms with van der Waals surface area (Å²) in [4.78, 5) is 25.1. The smallest absolute Gasteiger partial charge is 0.255 e. The van der Waals surface area contributed by atoms with Crippen molar-refractivity contribution in [2.75, 3.05) is 19.0 Å². The van der Waals surface area contributed by atoms with Crippen molar-refractivity contribution in [3.8, 4) is 0 Å². The first-order valence-electron chi connectivity index (χ1n) is 12.8. The van der Waals surface area contributed by atoms with Crippen LogP contribution in [0.5, 0.6) is 0 Å². The van der Waals surface area contributed by atoms with Crippen molar-refractivity contribution in [3.05, 3.63) is 58.4 Å². The molecule has 0 aromatic heterocycles. The SMILES string of the molecule is COCC1(NC(=O)CC2(O)C3CC2CC(S(=O)(=O)c2cc(C(=O)Nc4cc(F)c(F)c(F)c4)ccc2Cl)C3)CC1. The molecule has 2 aromatic rings. The Labute approximate surface area is 234 Å². The van der Waals surface area contributed by atoms with Crippen LogP contribution in [0, 0.1) is 29.3 Å². The summed E-state index contributed by atoms with van der Waals surface area (Å²) in [5, 5.41) is 15.4. The van der Waals surface area contributed by atoms with Crippen LogP contribution in [0.1, 0.15) is 48.9 Å². The van der Waals surface area contributed by atoms with E-state index in [1.54, 1.807) is 7.11 Å². The molecule has 0 heterocycles. The zero-order valence-electron chi connectivity index (χ0n) is 21.5. The molecular weight excluding hydrogens is 573 g/mol. The first kappa shape index (κ1) is 28.8. The maximum atomic E-state index is 13.6. The van der Waals surface area contributed by atoms with Crippen LogP contribution in [0.15, 0.2) is 35.2 Å². The number of amides is 2. The topological polar surface area (TPSA) is 122 Å². The van der Waals surface area contributed by atoms with Crippen LogP contribution in [0.3, 0.4) is 0 Å². The molecule has 2 atom stereocenters. The van der Waals surface area contributed by atoms with Crippen molar-refractivity contribution in [2.24, 2.45) is 11.8 Å². The van der Waals surface area contributed by atoms with Crippen molar-refractivity contribution < 1.29 is 41.0 Å². The van der Waals surface area contributed by atoms with E-state index in [4.69, 9.17) is 16.3 Å². The average molecular weight is 601 g/mol. The van der Waals surface area contributed by atoms with Crippen LogP contribution in [-0.2, 0) is 19.4 Å². The van der Waals surface area contributed by atoms with Crippen molar-refractivity contribution in [3.63, 3.8) is 0 Å². The fraction of sp³-hybridized carbons (Fsp3) is 0.481. The number of sulfone groups is 1. The molecule has 0 aliphatic heterocycles. The lowest BCUT2D eigenvalue weighted by molar-refractivity contribution is -0.184. The molecule has 216 valence electrons. The molecule has 2 amide bonds. The third kappa shape index (κ3) is 5.22. The number of benzene rings is 2. The molecule has 40 heavy (non-hydrogen) atoms. The molecule has 4 saturated carbocycles. The van der Waals surface area contributed by atoms with Crippen molar-refractivity contribution >= 4 is 38.9 Å². The van der Waals surface area contributed by atoms with Gasteiger partial charge in [-0.2, -0.15) is 0 Å². The normalized spacial score (nSPS) is 26.5. The summed E-state index contributed by atoms with van der Waals surface area (Å²) in [6.45, 7) is 0.389. The number of hydrogen-bond acceptors (Lipinski definition) is 6. The van der Waals surface area contributed by atoms with Gasteiger partial charge >= 0.3 is 0 Å². The predicted octanol–water partition coefficient (Wildman–Crippen LogP) is 4.00. The molecule has 2 bridgehead atoms. The second kappa shape index (κ2) is 10.3. The maximum absolute atomic E-state index is 13.6. The Balaban J connectivity index is 1.28. The van der Waals surface area contributed by atoms with Crippen LogP contribution in [0.4, 0.5) is 18.9 Å². The maximum Gasteiger partial charge on any atom is 0.255 e. The van der Waals surface area contributed by atoms with Gasteiger partial charge in [-0.05, 0) is 62.1 Å². The highest BCUT2D eigenvalue weighted by molar-refractivity contribution is 7.92. The fourth-order valence-electron chi connectivity index (χ4n) is 6.00. The van der Waals surface area contributed by atoms with Crippen LogP contribution in [-0.4, -0.2) is 55.4 Å². The standard InChI is InChI=1S/C27H28ClF3N2O6S/c1-39-13-26(4-5-26)33-23(34)12-27(36)15-7-16(27)9-18(8-15)40(37,38)22-6-14(2-3-19(22)28)25(35)32-17-10-20(29)24(31)21(30)11-17/h2-3,6,10-11,15-16,18,36H,4-5,7-9,12-13H2,1H3,(H,32,35)(H,33,34). The molecule has 8 nitrogen and oxygen atoms in total. The van der Waals surface area contributed by atoms with Gasteiger partial charge in [0.15, 0.2) is 27.3 Å². The first-order valence-corrected chi connectivity index (χ1v) is 14.7. The fourth-order valence-corrected chi connectivity index (χ4v) is 8.40. The predicted molar refractivity (Wildman–Crippen MR) is 139 cm³/mol. The average Bonchev–Trinajstić information content (AvgIpc) is 3.65. The second-order valence-corrected chi connectivity index (χ2v) is 13.7. The largest absolute Gasteiger partial charge is 0.389 e. The van der Waals surface area contributed by atoms with Crippen molar-refractivity contribution in [1.82, 2.24) is 5.32 Å². The Hall–Kier alpha value is -2.67. The van der Waals surface area contributed by atoms with Crippen LogP contribution in [0.25, 0.3) is 0 Å². The number of anilines is 1. The number of rotatable bonds is 9. The van der Waals surface area contributed by atoms with Crippen molar-refractivity contribution in [2.45, 2.75) is 59.8 Å². The molecule has 3 N–H and O–H groups in total. The number of hydrogen-bond donors (Lipinski definition) is 3. The van der Waals surface area contributed by atoms with E-state index in [1.807, 2.05) is 0 Å². The number of fused-ring (bicyclic) bond motifs is 2. The number of ether oxygens (including phenoxy) is 1. The summed E-state index contributed by atoms with van der Waals surface area (Å²) in [5.41, 5.74) is -2.19. The van der Waals surface area contributed by atoms with Gasteiger partial charge in [0.05, 0.1) is 39.3 Å². The number of carbonyl (C=O) groups excluding carboxylic acids is 2. The highest BCUT2D eigenvalue weighted by Gasteiger charge is 2.61. The summed E-state index contributed by atoms with van der Waals surface area (Å²) in [5.74, 6) is -6.65. The Morgan fingerprint density at radius 3 is 2.27 bits per heavy atom. The van der Waals surface area contributed by atoms with E-state index in [0.29, 0.717) is 25.2 Å². The molecular formula is C27H28ClF3N2O6S. The quantitative estimate of drug-likeness (QED) is 0.374. The summed E-state index contributed by atoms with van der Waals surface area (Å²) < 4.78 is 72.7. The number of aliphatic hydroxyl groups is 1. The van der Waals surface area contributed by atoms with E-state index in [2.05, 4.69) is 10.6 Å². The number of halogens is 4. The molecule has 4 fully saturated rings. The van der Waals surface area contributed by atoms with Gasteiger partial charge in [0, 0.05) is 30.5 Å². The van der Waals surface area contributed by atoms with Gasteiger partial charge < -0.3 is 20.5 Å². The number of methoxy groups -OCH3 is 1. The molecule has 4 aliphatic carbocycles. The highest BCUT2D eigenvalue weighted by Crippen LogP contribution is 2.57. The van der Waals surface area contributed by atoms with Crippen LogP contribution >= 0.6 is 11.6 Å². The van der Waals surface area contributed by atoms with Gasteiger partial charge in [0.2, 0.25) is 5.91 Å². The molecule has 0 spiro atoms. The molecule has 0 saturated heterocycles. The second-order valence-electron chi connectivity index (χ2n) is 11.1. The molecule has 13 heteroatoms. The summed E-state index contributed by atoms with van der Waals surface area (Å²) in [6.07, 6.45) is 2.31. The minimum absolute atomic E-state index is 0.114. The van der Waals surface area contributed by atoms with Gasteiger partial charge in [0.1, 0.15) is 0 Å². The molecule has 0 radical (unpaired) electrons. The van der Waals surface area contributed by atoms with Crippen molar-refractivity contribution in [1.29, 1.82) is 0 Å². The van der Waals surface area contributed by atoms with E-state index in [1.165, 1.54) is 12.1 Å². The monoisotopic (exact) mass is 600 g/mol. The third-order valence-corrected chi connectivity index (χ3v) is 11.0. The van der Waals surface area contributed by atoms with E-state index in [-0.39, 0.29) is 51.9 Å². The van der Waals surface area contributed by atoms with Gasteiger partial charge in [-0.1, -0.05) is 11.6 Å². The Kier molecular flexibility index (Phi) is 7.43. The molecule has 4 aliphatic rings. The summed E-state index contributed by atoms with van der Waals surface area (Å²) >= 11 is 6.23. The van der Waals surface area contributed by atoms with Gasteiger partial charge in [-0.15, -0.1) is 0 Å². The first-order chi connectivity index (χ1) is 18.8. The molecule has 6 rings (SSSR count). The Morgan fingerprint density at radius 1 is 1.07 bits per heavy atom. The number of nitrogens with one attached hydrogen (secondary N) is 2. The van der Waals surface area contributed by atoms with Gasteiger partial charge in [0.25, 0.3) is 5.91 Å². The zero-order valence-corrected chi connectivity index (χ0v) is 23.0. The molecule has 2 aromatic carbocycles. The van der Waals surface area contributed by atoms with E-state index in [0.717, 1.165) is 18.9 Å². The lowest BCUT2D eigenvalue weighted by Crippen LogP contribution is -2.63. The highest BCUT2D eigenvalue weighted by atomic mass is 35.5. The lowest BCUT2D eigenvalue weighted by atomic mass is 9.52. The van der Waals surface area contributed by atoms with Gasteiger partial charge in [-0.3, -0.25) is 9.59 Å². The van der Waals surface area contributed by atoms with Gasteiger partial charge in [-0.25, -0.2) is 21.6 Å². The number of carbonyl (C=O) groups is 2. The Bertz CT molecular complexity index is 1450.